The molecule has 0 saturated carbocycles. The molecule has 12 heavy (non-hydrogen) atoms. The molecule has 0 spiro atoms. The van der Waals surface area contributed by atoms with Gasteiger partial charge in [-0.2, -0.15) is 5.10 Å². The third-order valence-corrected chi connectivity index (χ3v) is 1.64. The number of rotatable bonds is 3. The van der Waals surface area contributed by atoms with E-state index in [1.165, 1.54) is 0 Å². The third kappa shape index (κ3) is 1.58. The van der Waals surface area contributed by atoms with Gasteiger partial charge >= 0.3 is 0 Å². The smallest absolute Gasteiger partial charge is 0.186 e. The number of hydrazone groups is 1. The van der Waals surface area contributed by atoms with Crippen molar-refractivity contribution < 1.29 is 4.42 Å². The second-order valence-electron chi connectivity index (χ2n) is 2.54. The number of furan rings is 1. The van der Waals surface area contributed by atoms with Crippen LogP contribution < -0.4 is 11.6 Å². The number of nitrogens with zero attached hydrogens (tertiary/aromatic N) is 1. The van der Waals surface area contributed by atoms with Crippen molar-refractivity contribution in [3.8, 4) is 0 Å². The summed E-state index contributed by atoms with van der Waals surface area (Å²) in [4.78, 5) is 0. The Hall–Kier alpha value is -1.45. The van der Waals surface area contributed by atoms with E-state index in [0.717, 1.165) is 18.4 Å². The van der Waals surface area contributed by atoms with E-state index in [4.69, 9.17) is 16.0 Å². The zero-order valence-electron chi connectivity index (χ0n) is 7.08. The maximum atomic E-state index is 5.50. The summed E-state index contributed by atoms with van der Waals surface area (Å²) < 4.78 is 5.13. The molecule has 0 radical (unpaired) electrons. The van der Waals surface area contributed by atoms with Crippen LogP contribution in [-0.2, 0) is 6.42 Å². The highest BCUT2D eigenvalue weighted by molar-refractivity contribution is 5.95. The summed E-state index contributed by atoms with van der Waals surface area (Å²) >= 11 is 0. The molecule has 4 N–H and O–H groups in total. The Morgan fingerprint density at radius 2 is 2.42 bits per heavy atom. The van der Waals surface area contributed by atoms with E-state index in [1.54, 1.807) is 6.26 Å². The van der Waals surface area contributed by atoms with E-state index >= 15 is 0 Å². The van der Waals surface area contributed by atoms with Gasteiger partial charge in [-0.1, -0.05) is 13.3 Å². The first-order chi connectivity index (χ1) is 5.79. The normalized spacial score (nSPS) is 11.9. The van der Waals surface area contributed by atoms with Crippen molar-refractivity contribution in [3.05, 3.63) is 23.7 Å². The van der Waals surface area contributed by atoms with Crippen molar-refractivity contribution in [2.24, 2.45) is 16.7 Å². The van der Waals surface area contributed by atoms with Crippen LogP contribution in [0.2, 0.25) is 0 Å². The molecule has 4 heteroatoms. The highest BCUT2D eigenvalue weighted by Gasteiger charge is 2.08. The van der Waals surface area contributed by atoms with E-state index in [2.05, 4.69) is 12.0 Å². The molecule has 66 valence electrons. The average Bonchev–Trinajstić information content (AvgIpc) is 2.52. The Morgan fingerprint density at radius 1 is 1.67 bits per heavy atom. The van der Waals surface area contributed by atoms with Gasteiger partial charge in [-0.25, -0.2) is 0 Å². The van der Waals surface area contributed by atoms with Crippen molar-refractivity contribution in [3.63, 3.8) is 0 Å². The van der Waals surface area contributed by atoms with Gasteiger partial charge in [0, 0.05) is 5.56 Å². The van der Waals surface area contributed by atoms with Crippen LogP contribution in [0.5, 0.6) is 0 Å². The van der Waals surface area contributed by atoms with Crippen molar-refractivity contribution in [1.29, 1.82) is 0 Å². The van der Waals surface area contributed by atoms with Crippen LogP contribution in [0.15, 0.2) is 21.8 Å². The van der Waals surface area contributed by atoms with Crippen LogP contribution in [-0.4, -0.2) is 5.84 Å². The first-order valence-electron chi connectivity index (χ1n) is 3.89. The molecule has 0 aliphatic heterocycles. The van der Waals surface area contributed by atoms with Gasteiger partial charge in [0.1, 0.15) is 0 Å². The Morgan fingerprint density at radius 3 is 3.00 bits per heavy atom. The molecule has 0 aromatic carbocycles. The lowest BCUT2D eigenvalue weighted by Crippen LogP contribution is -2.16. The molecule has 0 fully saturated rings. The van der Waals surface area contributed by atoms with Crippen molar-refractivity contribution in [2.75, 3.05) is 0 Å². The maximum Gasteiger partial charge on any atom is 0.186 e. The van der Waals surface area contributed by atoms with Crippen LogP contribution in [0.3, 0.4) is 0 Å². The fraction of sp³-hybridized carbons (Fsp3) is 0.375. The lowest BCUT2D eigenvalue weighted by atomic mass is 10.1. The second kappa shape index (κ2) is 3.80. The van der Waals surface area contributed by atoms with Gasteiger partial charge in [0.05, 0.1) is 6.26 Å². The van der Waals surface area contributed by atoms with Gasteiger partial charge in [0.25, 0.3) is 0 Å². The fourth-order valence-electron chi connectivity index (χ4n) is 1.09. The number of hydrogen-bond acceptors (Lipinski definition) is 3. The minimum atomic E-state index is 0.253. The summed E-state index contributed by atoms with van der Waals surface area (Å²) in [6, 6.07) is 1.89. The molecular weight excluding hydrogens is 154 g/mol. The standard InChI is InChI=1S/C8H13N3O/c1-2-3-6-4-5-12-7(6)8(9)11-10/h4-5H,2-3,10H2,1H3,(H2,9,11). The van der Waals surface area contributed by atoms with Crippen LogP contribution >= 0.6 is 0 Å². The lowest BCUT2D eigenvalue weighted by molar-refractivity contribution is 0.552. The summed E-state index contributed by atoms with van der Waals surface area (Å²) in [6.07, 6.45) is 3.57. The molecule has 0 atom stereocenters. The molecule has 0 aliphatic rings. The van der Waals surface area contributed by atoms with Crippen LogP contribution in [0.4, 0.5) is 0 Å². The first kappa shape index (κ1) is 8.64. The van der Waals surface area contributed by atoms with Gasteiger partial charge in [-0.3, -0.25) is 0 Å². The Bertz CT molecular complexity index is 278. The predicted molar refractivity (Wildman–Crippen MR) is 47.6 cm³/mol. The number of nitrogens with two attached hydrogens (primary N) is 2. The largest absolute Gasteiger partial charge is 0.461 e. The highest BCUT2D eigenvalue weighted by Crippen LogP contribution is 2.11. The molecule has 1 aromatic heterocycles. The monoisotopic (exact) mass is 167 g/mol. The summed E-state index contributed by atoms with van der Waals surface area (Å²) in [7, 11) is 0. The van der Waals surface area contributed by atoms with E-state index in [-0.39, 0.29) is 5.84 Å². The van der Waals surface area contributed by atoms with Gasteiger partial charge in [0.15, 0.2) is 11.6 Å². The van der Waals surface area contributed by atoms with Crippen molar-refractivity contribution >= 4 is 5.84 Å². The van der Waals surface area contributed by atoms with Gasteiger partial charge in [-0.05, 0) is 12.5 Å². The molecular formula is C8H13N3O. The molecule has 1 heterocycles. The number of aryl methyl sites for hydroxylation is 1. The zero-order valence-corrected chi connectivity index (χ0v) is 7.08. The molecule has 1 rings (SSSR count). The average molecular weight is 167 g/mol. The van der Waals surface area contributed by atoms with E-state index in [9.17, 15) is 0 Å². The van der Waals surface area contributed by atoms with Gasteiger partial charge < -0.3 is 16.0 Å². The molecule has 0 amide bonds. The Labute approximate surface area is 71.2 Å². The third-order valence-electron chi connectivity index (χ3n) is 1.64. The Balaban J connectivity index is 2.91. The maximum absolute atomic E-state index is 5.50. The lowest BCUT2D eigenvalue weighted by Gasteiger charge is -1.97. The minimum absolute atomic E-state index is 0.253. The molecule has 0 bridgehead atoms. The van der Waals surface area contributed by atoms with Gasteiger partial charge in [0.2, 0.25) is 0 Å². The van der Waals surface area contributed by atoms with Crippen LogP contribution in [0.1, 0.15) is 24.7 Å². The van der Waals surface area contributed by atoms with Gasteiger partial charge in [-0.15, -0.1) is 0 Å². The fourth-order valence-corrected chi connectivity index (χ4v) is 1.09. The number of amidine groups is 1. The zero-order chi connectivity index (χ0) is 8.97. The van der Waals surface area contributed by atoms with E-state index in [1.807, 2.05) is 6.07 Å². The summed E-state index contributed by atoms with van der Waals surface area (Å²) in [6.45, 7) is 2.09. The topological polar surface area (TPSA) is 77.5 Å². The molecule has 1 aromatic rings. The summed E-state index contributed by atoms with van der Waals surface area (Å²) in [5, 5.41) is 3.37. The minimum Gasteiger partial charge on any atom is -0.461 e. The van der Waals surface area contributed by atoms with Crippen LogP contribution in [0.25, 0.3) is 0 Å². The highest BCUT2D eigenvalue weighted by atomic mass is 16.3. The first-order valence-corrected chi connectivity index (χ1v) is 3.89. The molecule has 0 saturated heterocycles. The molecule has 4 nitrogen and oxygen atoms in total. The Kier molecular flexibility index (Phi) is 2.74. The molecule has 0 aliphatic carbocycles. The van der Waals surface area contributed by atoms with E-state index < -0.39 is 0 Å². The predicted octanol–water partition coefficient (Wildman–Crippen LogP) is 0.811. The number of hydrogen-bond donors (Lipinski definition) is 2. The second-order valence-corrected chi connectivity index (χ2v) is 2.54. The SMILES string of the molecule is CCCc1ccoc1/C(N)=N/N. The van der Waals surface area contributed by atoms with Crippen molar-refractivity contribution in [1.82, 2.24) is 0 Å². The van der Waals surface area contributed by atoms with Crippen LogP contribution in [0, 0.1) is 0 Å². The summed E-state index contributed by atoms with van der Waals surface area (Å²) in [5.74, 6) is 5.88. The van der Waals surface area contributed by atoms with Crippen molar-refractivity contribution in [2.45, 2.75) is 19.8 Å². The quantitative estimate of drug-likeness (QED) is 0.302. The summed E-state index contributed by atoms with van der Waals surface area (Å²) in [5.41, 5.74) is 6.56. The van der Waals surface area contributed by atoms with E-state index in [0.29, 0.717) is 5.76 Å². The molecule has 0 unspecified atom stereocenters.